The standard InChI is InChI=1S/C10H13NO2.CH4/c1-8(2)7-9-5-3-4-6-10(9)11(12)13;/h3-6,8H,7H2,1-2H3;1H4. The Morgan fingerprint density at radius 3 is 2.43 bits per heavy atom. The molecule has 0 aliphatic carbocycles. The van der Waals surface area contributed by atoms with Gasteiger partial charge in [0.25, 0.3) is 5.69 Å². The molecule has 0 heterocycles. The Bertz CT molecular complexity index is 308. The van der Waals surface area contributed by atoms with E-state index >= 15 is 0 Å². The van der Waals surface area contributed by atoms with Crippen molar-refractivity contribution in [3.8, 4) is 0 Å². The van der Waals surface area contributed by atoms with Crippen LogP contribution in [0.5, 0.6) is 0 Å². The Kier molecular flexibility index (Phi) is 4.84. The molecule has 78 valence electrons. The molecule has 0 saturated carbocycles. The smallest absolute Gasteiger partial charge is 0.258 e. The van der Waals surface area contributed by atoms with Crippen molar-refractivity contribution >= 4 is 5.69 Å². The Balaban J connectivity index is 0.00000169. The summed E-state index contributed by atoms with van der Waals surface area (Å²) < 4.78 is 0. The summed E-state index contributed by atoms with van der Waals surface area (Å²) in [5.74, 6) is 0.445. The first kappa shape index (κ1) is 12.6. The van der Waals surface area contributed by atoms with E-state index < -0.39 is 0 Å². The minimum absolute atomic E-state index is 0. The van der Waals surface area contributed by atoms with Crippen molar-refractivity contribution in [2.24, 2.45) is 5.92 Å². The van der Waals surface area contributed by atoms with Crippen LogP contribution in [0.1, 0.15) is 26.8 Å². The molecule has 3 nitrogen and oxygen atoms in total. The third kappa shape index (κ3) is 3.17. The van der Waals surface area contributed by atoms with Gasteiger partial charge in [0.05, 0.1) is 4.92 Å². The fourth-order valence-corrected chi connectivity index (χ4v) is 1.30. The van der Waals surface area contributed by atoms with Crippen molar-refractivity contribution in [1.82, 2.24) is 0 Å². The second-order valence-electron chi connectivity index (χ2n) is 3.48. The molecule has 3 heteroatoms. The first-order valence-corrected chi connectivity index (χ1v) is 4.33. The molecule has 1 aromatic rings. The Labute approximate surface area is 84.9 Å². The fraction of sp³-hybridized carbons (Fsp3) is 0.455. The molecule has 14 heavy (non-hydrogen) atoms. The molecule has 0 N–H and O–H groups in total. The zero-order valence-corrected chi connectivity index (χ0v) is 7.86. The molecule has 0 aliphatic heterocycles. The van der Waals surface area contributed by atoms with Crippen molar-refractivity contribution in [2.75, 3.05) is 0 Å². The molecule has 1 aromatic carbocycles. The highest BCUT2D eigenvalue weighted by Crippen LogP contribution is 2.20. The number of para-hydroxylation sites is 1. The summed E-state index contributed by atoms with van der Waals surface area (Å²) in [6.07, 6.45) is 0.761. The van der Waals surface area contributed by atoms with Crippen LogP contribution in [0.15, 0.2) is 24.3 Å². The van der Waals surface area contributed by atoms with Crippen molar-refractivity contribution in [1.29, 1.82) is 0 Å². The van der Waals surface area contributed by atoms with Crippen LogP contribution in [-0.4, -0.2) is 4.92 Å². The topological polar surface area (TPSA) is 43.1 Å². The highest BCUT2D eigenvalue weighted by Gasteiger charge is 2.12. The van der Waals surface area contributed by atoms with Gasteiger partial charge in [0.2, 0.25) is 0 Å². The largest absolute Gasteiger partial charge is 0.272 e. The number of hydrogen-bond donors (Lipinski definition) is 0. The fourth-order valence-electron chi connectivity index (χ4n) is 1.30. The highest BCUT2D eigenvalue weighted by atomic mass is 16.6. The minimum Gasteiger partial charge on any atom is -0.258 e. The van der Waals surface area contributed by atoms with Crippen LogP contribution in [0.3, 0.4) is 0 Å². The van der Waals surface area contributed by atoms with Gasteiger partial charge >= 0.3 is 0 Å². The lowest BCUT2D eigenvalue weighted by molar-refractivity contribution is -0.385. The van der Waals surface area contributed by atoms with Gasteiger partial charge in [0.1, 0.15) is 0 Å². The third-order valence-electron chi connectivity index (χ3n) is 1.82. The summed E-state index contributed by atoms with van der Waals surface area (Å²) in [5.41, 5.74) is 1.05. The van der Waals surface area contributed by atoms with E-state index in [2.05, 4.69) is 13.8 Å². The Morgan fingerprint density at radius 1 is 1.36 bits per heavy atom. The van der Waals surface area contributed by atoms with E-state index in [9.17, 15) is 10.1 Å². The van der Waals surface area contributed by atoms with Crippen LogP contribution in [-0.2, 0) is 6.42 Å². The number of rotatable bonds is 3. The second kappa shape index (κ2) is 5.37. The van der Waals surface area contributed by atoms with Crippen LogP contribution in [0, 0.1) is 16.0 Å². The molecular weight excluding hydrogens is 178 g/mol. The number of hydrogen-bond acceptors (Lipinski definition) is 2. The Morgan fingerprint density at radius 2 is 1.93 bits per heavy atom. The number of nitro groups is 1. The molecule has 0 bridgehead atoms. The maximum atomic E-state index is 10.6. The molecule has 0 unspecified atom stereocenters. The molecule has 0 amide bonds. The maximum Gasteiger partial charge on any atom is 0.272 e. The molecule has 0 aromatic heterocycles. The lowest BCUT2D eigenvalue weighted by Crippen LogP contribution is -1.99. The zero-order valence-electron chi connectivity index (χ0n) is 7.86. The average Bonchev–Trinajstić information content (AvgIpc) is 2.03. The minimum atomic E-state index is -0.322. The maximum absolute atomic E-state index is 10.6. The van der Waals surface area contributed by atoms with Gasteiger partial charge < -0.3 is 0 Å². The number of nitrogens with zero attached hydrogens (tertiary/aromatic N) is 1. The molecule has 0 aliphatic rings. The van der Waals surface area contributed by atoms with Crippen molar-refractivity contribution in [3.05, 3.63) is 39.9 Å². The highest BCUT2D eigenvalue weighted by molar-refractivity contribution is 5.39. The van der Waals surface area contributed by atoms with E-state index in [0.29, 0.717) is 5.92 Å². The first-order chi connectivity index (χ1) is 6.11. The quantitative estimate of drug-likeness (QED) is 0.547. The van der Waals surface area contributed by atoms with E-state index in [0.717, 1.165) is 12.0 Å². The van der Waals surface area contributed by atoms with Crippen LogP contribution >= 0.6 is 0 Å². The molecule has 0 fully saturated rings. The van der Waals surface area contributed by atoms with E-state index in [1.165, 1.54) is 0 Å². The van der Waals surface area contributed by atoms with Gasteiger partial charge in [0, 0.05) is 11.6 Å². The van der Waals surface area contributed by atoms with Crippen molar-refractivity contribution in [2.45, 2.75) is 27.7 Å². The summed E-state index contributed by atoms with van der Waals surface area (Å²) in [6, 6.07) is 6.91. The molecule has 0 spiro atoms. The second-order valence-corrected chi connectivity index (χ2v) is 3.48. The van der Waals surface area contributed by atoms with Crippen LogP contribution in [0.2, 0.25) is 0 Å². The summed E-state index contributed by atoms with van der Waals surface area (Å²) in [5, 5.41) is 10.6. The van der Waals surface area contributed by atoms with Gasteiger partial charge in [0.15, 0.2) is 0 Å². The van der Waals surface area contributed by atoms with Gasteiger partial charge in [-0.2, -0.15) is 0 Å². The van der Waals surface area contributed by atoms with E-state index in [4.69, 9.17) is 0 Å². The summed E-state index contributed by atoms with van der Waals surface area (Å²) in [7, 11) is 0. The normalized spacial score (nSPS) is 9.64. The summed E-state index contributed by atoms with van der Waals surface area (Å²) in [6.45, 7) is 4.10. The van der Waals surface area contributed by atoms with Gasteiger partial charge in [-0.15, -0.1) is 0 Å². The van der Waals surface area contributed by atoms with Gasteiger partial charge in [-0.1, -0.05) is 39.5 Å². The zero-order chi connectivity index (χ0) is 9.84. The average molecular weight is 195 g/mol. The predicted molar refractivity (Wildman–Crippen MR) is 58.4 cm³/mol. The SMILES string of the molecule is C.CC(C)Cc1ccccc1[N+](=O)[O-]. The molecule has 0 radical (unpaired) electrons. The van der Waals surface area contributed by atoms with Gasteiger partial charge in [-0.05, 0) is 12.3 Å². The van der Waals surface area contributed by atoms with Crippen LogP contribution in [0.25, 0.3) is 0 Å². The third-order valence-corrected chi connectivity index (χ3v) is 1.82. The van der Waals surface area contributed by atoms with Crippen molar-refractivity contribution in [3.63, 3.8) is 0 Å². The van der Waals surface area contributed by atoms with Gasteiger partial charge in [-0.25, -0.2) is 0 Å². The van der Waals surface area contributed by atoms with E-state index in [1.807, 2.05) is 12.1 Å². The van der Waals surface area contributed by atoms with E-state index in [1.54, 1.807) is 12.1 Å². The van der Waals surface area contributed by atoms with E-state index in [-0.39, 0.29) is 18.0 Å². The monoisotopic (exact) mass is 195 g/mol. The van der Waals surface area contributed by atoms with Crippen LogP contribution < -0.4 is 0 Å². The molecule has 0 atom stereocenters. The molecular formula is C11H17NO2. The Hall–Kier alpha value is -1.38. The van der Waals surface area contributed by atoms with Crippen molar-refractivity contribution < 1.29 is 4.92 Å². The first-order valence-electron chi connectivity index (χ1n) is 4.33. The molecule has 1 rings (SSSR count). The lowest BCUT2D eigenvalue weighted by atomic mass is 10.0. The predicted octanol–water partition coefficient (Wildman–Crippen LogP) is 3.43. The number of benzene rings is 1. The van der Waals surface area contributed by atoms with Gasteiger partial charge in [-0.3, -0.25) is 10.1 Å². The van der Waals surface area contributed by atoms with Crippen LogP contribution in [0.4, 0.5) is 5.69 Å². The summed E-state index contributed by atoms with van der Waals surface area (Å²) in [4.78, 5) is 10.3. The lowest BCUT2D eigenvalue weighted by Gasteiger charge is -2.04. The summed E-state index contributed by atoms with van der Waals surface area (Å²) >= 11 is 0. The number of nitro benzene ring substituents is 1. The molecule has 0 saturated heterocycles.